The fraction of sp³-hybridized carbons (Fsp3) is 0.600. The number of piperazine rings is 1. The average molecular weight is 344 g/mol. The molecule has 0 bridgehead atoms. The second-order valence-corrected chi connectivity index (χ2v) is 6.07. The van der Waals surface area contributed by atoms with Gasteiger partial charge in [-0.1, -0.05) is 0 Å². The van der Waals surface area contributed by atoms with Gasteiger partial charge in [0.15, 0.2) is 0 Å². The number of amides is 2. The van der Waals surface area contributed by atoms with Crippen LogP contribution in [0.25, 0.3) is 0 Å². The van der Waals surface area contributed by atoms with E-state index in [1.807, 2.05) is 7.05 Å². The first-order chi connectivity index (χ1) is 11.3. The van der Waals surface area contributed by atoms with E-state index in [4.69, 9.17) is 4.74 Å². The van der Waals surface area contributed by atoms with Crippen molar-refractivity contribution in [1.29, 1.82) is 0 Å². The lowest BCUT2D eigenvalue weighted by Gasteiger charge is -2.43. The van der Waals surface area contributed by atoms with E-state index in [0.29, 0.717) is 13.1 Å². The van der Waals surface area contributed by atoms with Crippen molar-refractivity contribution >= 4 is 6.03 Å². The van der Waals surface area contributed by atoms with Crippen LogP contribution < -0.4 is 4.74 Å². The predicted octanol–water partition coefficient (Wildman–Crippen LogP) is 1.53. The van der Waals surface area contributed by atoms with Crippen LogP contribution in [0.1, 0.15) is 5.56 Å². The number of likely N-dealkylation sites (N-methyl/N-ethyl adjacent to an activating group) is 1. The smallest absolute Gasteiger partial charge is 0.421 e. The molecule has 0 unspecified atom stereocenters. The minimum absolute atomic E-state index is 0.0833. The normalized spacial score (nSPS) is 20.0. The summed E-state index contributed by atoms with van der Waals surface area (Å²) in [5.41, 5.74) is -0.895. The SMILES string of the molecule is CN1CCN(C(=O)N2CC(Oc3ncccc3C(F)(F)F)C2)CC1. The summed E-state index contributed by atoms with van der Waals surface area (Å²) in [6.07, 6.45) is -3.71. The van der Waals surface area contributed by atoms with E-state index in [1.54, 1.807) is 9.80 Å². The lowest BCUT2D eigenvalue weighted by Crippen LogP contribution is -2.61. The van der Waals surface area contributed by atoms with Gasteiger partial charge in [-0.3, -0.25) is 0 Å². The maximum atomic E-state index is 12.9. The maximum Gasteiger partial charge on any atom is 0.421 e. The van der Waals surface area contributed by atoms with Crippen LogP contribution in [0.4, 0.5) is 18.0 Å². The van der Waals surface area contributed by atoms with Gasteiger partial charge in [-0.2, -0.15) is 13.2 Å². The molecule has 0 spiro atoms. The number of aromatic nitrogens is 1. The van der Waals surface area contributed by atoms with Crippen LogP contribution in [0.3, 0.4) is 0 Å². The molecular formula is C15H19F3N4O2. The molecule has 0 radical (unpaired) electrons. The quantitative estimate of drug-likeness (QED) is 0.816. The fourth-order valence-corrected chi connectivity index (χ4v) is 2.72. The number of hydrogen-bond donors (Lipinski definition) is 0. The third-order valence-corrected chi connectivity index (χ3v) is 4.25. The Morgan fingerprint density at radius 2 is 1.88 bits per heavy atom. The summed E-state index contributed by atoms with van der Waals surface area (Å²) in [5, 5.41) is 0. The van der Waals surface area contributed by atoms with Gasteiger partial charge in [-0.05, 0) is 19.2 Å². The number of ether oxygens (including phenoxy) is 1. The zero-order valence-electron chi connectivity index (χ0n) is 13.3. The van der Waals surface area contributed by atoms with Crippen LogP contribution in [0.2, 0.25) is 0 Å². The molecule has 0 aliphatic carbocycles. The van der Waals surface area contributed by atoms with Crippen LogP contribution >= 0.6 is 0 Å². The third kappa shape index (κ3) is 3.55. The van der Waals surface area contributed by atoms with Gasteiger partial charge in [-0.25, -0.2) is 9.78 Å². The van der Waals surface area contributed by atoms with Gasteiger partial charge < -0.3 is 19.4 Å². The monoisotopic (exact) mass is 344 g/mol. The number of carbonyl (C=O) groups excluding carboxylic acids is 1. The van der Waals surface area contributed by atoms with E-state index in [0.717, 1.165) is 19.2 Å². The summed E-state index contributed by atoms with van der Waals surface area (Å²) in [6.45, 7) is 3.52. The molecule has 9 heteroatoms. The van der Waals surface area contributed by atoms with Gasteiger partial charge >= 0.3 is 12.2 Å². The van der Waals surface area contributed by atoms with Crippen molar-refractivity contribution in [3.05, 3.63) is 23.9 Å². The Kier molecular flexibility index (Phi) is 4.53. The van der Waals surface area contributed by atoms with Gasteiger partial charge in [0.25, 0.3) is 0 Å². The van der Waals surface area contributed by atoms with Crippen LogP contribution in [-0.4, -0.2) is 78.1 Å². The Morgan fingerprint density at radius 1 is 1.21 bits per heavy atom. The Balaban J connectivity index is 1.54. The van der Waals surface area contributed by atoms with E-state index >= 15 is 0 Å². The summed E-state index contributed by atoms with van der Waals surface area (Å²) in [7, 11) is 2.00. The molecule has 3 rings (SSSR count). The van der Waals surface area contributed by atoms with E-state index in [-0.39, 0.29) is 19.1 Å². The lowest BCUT2D eigenvalue weighted by atomic mass is 10.1. The van der Waals surface area contributed by atoms with Crippen LogP contribution in [0, 0.1) is 0 Å². The first kappa shape index (κ1) is 16.8. The molecule has 2 aliphatic rings. The van der Waals surface area contributed by atoms with Crippen molar-refractivity contribution in [3.8, 4) is 5.88 Å². The standard InChI is InChI=1S/C15H19F3N4O2/c1-20-5-7-21(8-6-20)14(23)22-9-11(10-22)24-13-12(15(16,17)18)3-2-4-19-13/h2-4,11H,5-10H2,1H3. The minimum Gasteiger partial charge on any atom is -0.470 e. The highest BCUT2D eigenvalue weighted by atomic mass is 19.4. The molecule has 6 nitrogen and oxygen atoms in total. The predicted molar refractivity (Wildman–Crippen MR) is 79.7 cm³/mol. The molecule has 1 aromatic heterocycles. The Bertz CT molecular complexity index is 597. The molecule has 2 amide bonds. The summed E-state index contributed by atoms with van der Waals surface area (Å²) in [4.78, 5) is 21.5. The Morgan fingerprint density at radius 3 is 2.50 bits per heavy atom. The van der Waals surface area contributed by atoms with Gasteiger partial charge in [0.1, 0.15) is 11.7 Å². The second-order valence-electron chi connectivity index (χ2n) is 6.07. The van der Waals surface area contributed by atoms with Gasteiger partial charge in [0.05, 0.1) is 13.1 Å². The fourth-order valence-electron chi connectivity index (χ4n) is 2.72. The molecule has 1 aromatic rings. The molecule has 0 aromatic carbocycles. The molecule has 0 saturated carbocycles. The highest BCUT2D eigenvalue weighted by Crippen LogP contribution is 2.35. The molecular weight excluding hydrogens is 325 g/mol. The highest BCUT2D eigenvalue weighted by molar-refractivity contribution is 5.75. The number of nitrogens with zero attached hydrogens (tertiary/aromatic N) is 4. The van der Waals surface area contributed by atoms with Crippen molar-refractivity contribution in [2.75, 3.05) is 46.3 Å². The topological polar surface area (TPSA) is 48.9 Å². The molecule has 132 valence electrons. The number of carbonyl (C=O) groups is 1. The van der Waals surface area contributed by atoms with Crippen LogP contribution in [-0.2, 0) is 6.18 Å². The largest absolute Gasteiger partial charge is 0.470 e. The molecule has 0 atom stereocenters. The van der Waals surface area contributed by atoms with E-state index in [1.165, 1.54) is 12.3 Å². The molecule has 2 fully saturated rings. The number of pyridine rings is 1. The number of rotatable bonds is 2. The van der Waals surface area contributed by atoms with Crippen molar-refractivity contribution < 1.29 is 22.7 Å². The van der Waals surface area contributed by atoms with E-state index in [2.05, 4.69) is 9.88 Å². The molecule has 24 heavy (non-hydrogen) atoms. The highest BCUT2D eigenvalue weighted by Gasteiger charge is 2.39. The van der Waals surface area contributed by atoms with Gasteiger partial charge in [0, 0.05) is 32.4 Å². The summed E-state index contributed by atoms with van der Waals surface area (Å²) in [5.74, 6) is -0.429. The van der Waals surface area contributed by atoms with Crippen molar-refractivity contribution in [3.63, 3.8) is 0 Å². The summed E-state index contributed by atoms with van der Waals surface area (Å²) < 4.78 is 44.1. The van der Waals surface area contributed by atoms with E-state index < -0.39 is 23.7 Å². The number of hydrogen-bond acceptors (Lipinski definition) is 4. The molecule has 2 saturated heterocycles. The lowest BCUT2D eigenvalue weighted by molar-refractivity contribution is -0.140. The zero-order chi connectivity index (χ0) is 17.3. The number of urea groups is 1. The maximum absolute atomic E-state index is 12.9. The minimum atomic E-state index is -4.51. The number of alkyl halides is 3. The molecule has 3 heterocycles. The van der Waals surface area contributed by atoms with Crippen molar-refractivity contribution in [2.45, 2.75) is 12.3 Å². The number of likely N-dealkylation sites (tertiary alicyclic amines) is 1. The molecule has 0 N–H and O–H groups in total. The van der Waals surface area contributed by atoms with Crippen LogP contribution in [0.15, 0.2) is 18.3 Å². The first-order valence-electron chi connectivity index (χ1n) is 7.76. The summed E-state index contributed by atoms with van der Waals surface area (Å²) in [6, 6.07) is 2.08. The molecule has 2 aliphatic heterocycles. The second kappa shape index (κ2) is 6.46. The average Bonchev–Trinajstić information content (AvgIpc) is 2.50. The third-order valence-electron chi connectivity index (χ3n) is 4.25. The number of halogens is 3. The van der Waals surface area contributed by atoms with Gasteiger partial charge in [0.2, 0.25) is 5.88 Å². The Labute approximate surface area is 137 Å². The van der Waals surface area contributed by atoms with Crippen LogP contribution in [0.5, 0.6) is 5.88 Å². The van der Waals surface area contributed by atoms with Crippen molar-refractivity contribution in [2.24, 2.45) is 0 Å². The summed E-state index contributed by atoms with van der Waals surface area (Å²) >= 11 is 0. The van der Waals surface area contributed by atoms with E-state index in [9.17, 15) is 18.0 Å². The first-order valence-corrected chi connectivity index (χ1v) is 7.76. The Hall–Kier alpha value is -2.03. The zero-order valence-corrected chi connectivity index (χ0v) is 13.3. The van der Waals surface area contributed by atoms with Crippen molar-refractivity contribution in [1.82, 2.24) is 19.7 Å². The van der Waals surface area contributed by atoms with Gasteiger partial charge in [-0.15, -0.1) is 0 Å².